The van der Waals surface area contributed by atoms with Crippen molar-refractivity contribution in [1.29, 1.82) is 0 Å². The Morgan fingerprint density at radius 1 is 1.10 bits per heavy atom. The maximum atomic E-state index is 12.2. The summed E-state index contributed by atoms with van der Waals surface area (Å²) < 4.78 is 0. The van der Waals surface area contributed by atoms with E-state index in [-0.39, 0.29) is 10.8 Å². The summed E-state index contributed by atoms with van der Waals surface area (Å²) in [5.41, 5.74) is 3.79. The summed E-state index contributed by atoms with van der Waals surface area (Å²) >= 11 is 1.11. The summed E-state index contributed by atoms with van der Waals surface area (Å²) in [7, 11) is 0. The van der Waals surface area contributed by atoms with Crippen LogP contribution in [0.2, 0.25) is 0 Å². The highest BCUT2D eigenvalue weighted by Gasteiger charge is 2.18. The number of hydrogen-bond acceptors (Lipinski definition) is 3. The summed E-state index contributed by atoms with van der Waals surface area (Å²) in [6, 6.07) is 5.41. The molecule has 5 heteroatoms. The molecule has 0 aliphatic heterocycles. The lowest BCUT2D eigenvalue weighted by molar-refractivity contribution is 0.0703. The van der Waals surface area contributed by atoms with Crippen molar-refractivity contribution in [2.24, 2.45) is 0 Å². The molecule has 0 spiro atoms. The van der Waals surface area contributed by atoms with Crippen molar-refractivity contribution < 1.29 is 14.7 Å². The molecule has 0 radical (unpaired) electrons. The molecule has 0 saturated carbocycles. The minimum absolute atomic E-state index is 0.152. The minimum atomic E-state index is -1.03. The zero-order valence-corrected chi connectivity index (χ0v) is 12.3. The lowest BCUT2D eigenvalue weighted by Crippen LogP contribution is -2.14. The van der Waals surface area contributed by atoms with Gasteiger partial charge in [-0.3, -0.25) is 4.79 Å². The van der Waals surface area contributed by atoms with Crippen LogP contribution in [0.15, 0.2) is 23.6 Å². The predicted molar refractivity (Wildman–Crippen MR) is 79.9 cm³/mol. The number of benzene rings is 1. The van der Waals surface area contributed by atoms with E-state index in [4.69, 9.17) is 5.11 Å². The Bertz CT molecular complexity index is 688. The first-order valence-corrected chi connectivity index (χ1v) is 6.98. The van der Waals surface area contributed by atoms with E-state index in [9.17, 15) is 9.59 Å². The van der Waals surface area contributed by atoms with Gasteiger partial charge in [0.2, 0.25) is 0 Å². The van der Waals surface area contributed by atoms with Gasteiger partial charge in [0.1, 0.15) is 4.88 Å². The lowest BCUT2D eigenvalue weighted by Gasteiger charge is -2.08. The lowest BCUT2D eigenvalue weighted by atomic mass is 10.1. The third kappa shape index (κ3) is 2.72. The fraction of sp³-hybridized carbons (Fsp3) is 0.200. The maximum Gasteiger partial charge on any atom is 0.348 e. The molecule has 2 aromatic rings. The van der Waals surface area contributed by atoms with Gasteiger partial charge in [-0.1, -0.05) is 6.07 Å². The second-order valence-electron chi connectivity index (χ2n) is 4.68. The number of carboxylic acid groups (broad SMARTS) is 1. The van der Waals surface area contributed by atoms with Crippen molar-refractivity contribution in [2.45, 2.75) is 20.8 Å². The van der Waals surface area contributed by atoms with Gasteiger partial charge in [0, 0.05) is 5.56 Å². The number of carbonyl (C=O) groups excluding carboxylic acids is 1. The molecule has 2 rings (SSSR count). The SMILES string of the molecule is Cc1ccc(C(=O)Nc2c(C)csc2C(=O)O)cc1C. The van der Waals surface area contributed by atoms with E-state index in [2.05, 4.69) is 5.32 Å². The highest BCUT2D eigenvalue weighted by Crippen LogP contribution is 2.28. The Morgan fingerprint density at radius 3 is 2.40 bits per heavy atom. The summed E-state index contributed by atoms with van der Waals surface area (Å²) in [5, 5.41) is 13.5. The maximum absolute atomic E-state index is 12.2. The number of anilines is 1. The van der Waals surface area contributed by atoms with Crippen molar-refractivity contribution >= 4 is 28.9 Å². The molecular formula is C15H15NO3S. The highest BCUT2D eigenvalue weighted by atomic mass is 32.1. The van der Waals surface area contributed by atoms with Crippen LogP contribution >= 0.6 is 11.3 Å². The Labute approximate surface area is 121 Å². The topological polar surface area (TPSA) is 66.4 Å². The summed E-state index contributed by atoms with van der Waals surface area (Å²) in [6.45, 7) is 5.69. The van der Waals surface area contributed by atoms with Crippen molar-refractivity contribution in [1.82, 2.24) is 0 Å². The van der Waals surface area contributed by atoms with Gasteiger partial charge in [0.25, 0.3) is 5.91 Å². The van der Waals surface area contributed by atoms with E-state index in [0.29, 0.717) is 11.3 Å². The first kappa shape index (κ1) is 14.3. The van der Waals surface area contributed by atoms with Gasteiger partial charge < -0.3 is 10.4 Å². The number of hydrogen-bond donors (Lipinski definition) is 2. The first-order chi connectivity index (χ1) is 9.40. The van der Waals surface area contributed by atoms with Gasteiger partial charge in [-0.25, -0.2) is 4.79 Å². The molecule has 0 unspecified atom stereocenters. The average molecular weight is 289 g/mol. The Balaban J connectivity index is 2.30. The van der Waals surface area contributed by atoms with Crippen LogP contribution in [0.1, 0.15) is 36.7 Å². The number of nitrogens with one attached hydrogen (secondary N) is 1. The molecule has 2 N–H and O–H groups in total. The Kier molecular flexibility index (Phi) is 3.90. The predicted octanol–water partition coefficient (Wildman–Crippen LogP) is 3.62. The molecule has 0 aliphatic rings. The van der Waals surface area contributed by atoms with Crippen LogP contribution in [0.3, 0.4) is 0 Å². The molecule has 1 amide bonds. The van der Waals surface area contributed by atoms with E-state index in [1.807, 2.05) is 19.9 Å². The van der Waals surface area contributed by atoms with Gasteiger partial charge in [0.15, 0.2) is 0 Å². The zero-order chi connectivity index (χ0) is 14.9. The summed E-state index contributed by atoms with van der Waals surface area (Å²) in [4.78, 5) is 23.5. The third-order valence-corrected chi connectivity index (χ3v) is 4.26. The van der Waals surface area contributed by atoms with Gasteiger partial charge in [0.05, 0.1) is 5.69 Å². The number of carbonyl (C=O) groups is 2. The van der Waals surface area contributed by atoms with Crippen molar-refractivity contribution in [3.63, 3.8) is 0 Å². The van der Waals surface area contributed by atoms with Crippen molar-refractivity contribution in [3.8, 4) is 0 Å². The fourth-order valence-corrected chi connectivity index (χ4v) is 2.67. The van der Waals surface area contributed by atoms with Crippen LogP contribution in [0.25, 0.3) is 0 Å². The van der Waals surface area contributed by atoms with E-state index in [0.717, 1.165) is 28.0 Å². The number of amides is 1. The first-order valence-electron chi connectivity index (χ1n) is 6.10. The van der Waals surface area contributed by atoms with Crippen LogP contribution in [0, 0.1) is 20.8 Å². The molecule has 0 bridgehead atoms. The Morgan fingerprint density at radius 2 is 1.80 bits per heavy atom. The zero-order valence-electron chi connectivity index (χ0n) is 11.5. The van der Waals surface area contributed by atoms with Crippen LogP contribution < -0.4 is 5.32 Å². The summed E-state index contributed by atoms with van der Waals surface area (Å²) in [5.74, 6) is -1.32. The van der Waals surface area contributed by atoms with Gasteiger partial charge in [-0.15, -0.1) is 11.3 Å². The fourth-order valence-electron chi connectivity index (χ4n) is 1.83. The quantitative estimate of drug-likeness (QED) is 0.906. The molecule has 0 saturated heterocycles. The average Bonchev–Trinajstić information content (AvgIpc) is 2.74. The minimum Gasteiger partial charge on any atom is -0.477 e. The van der Waals surface area contributed by atoms with Gasteiger partial charge >= 0.3 is 5.97 Å². The molecule has 4 nitrogen and oxygen atoms in total. The highest BCUT2D eigenvalue weighted by molar-refractivity contribution is 7.12. The molecule has 0 aliphatic carbocycles. The molecule has 1 heterocycles. The van der Waals surface area contributed by atoms with E-state index >= 15 is 0 Å². The van der Waals surface area contributed by atoms with Crippen molar-refractivity contribution in [2.75, 3.05) is 5.32 Å². The van der Waals surface area contributed by atoms with Crippen molar-refractivity contribution in [3.05, 3.63) is 50.7 Å². The molecule has 104 valence electrons. The number of aryl methyl sites for hydroxylation is 3. The third-order valence-electron chi connectivity index (χ3n) is 3.18. The monoisotopic (exact) mass is 289 g/mol. The molecule has 1 aromatic carbocycles. The standard InChI is InChI=1S/C15H15NO3S/c1-8-4-5-11(6-9(8)2)14(17)16-12-10(3)7-20-13(12)15(18)19/h4-7H,1-3H3,(H,16,17)(H,18,19). The largest absolute Gasteiger partial charge is 0.477 e. The normalized spacial score (nSPS) is 10.3. The molecule has 1 aromatic heterocycles. The van der Waals surface area contributed by atoms with Crippen LogP contribution in [0.4, 0.5) is 5.69 Å². The Hall–Kier alpha value is -2.14. The summed E-state index contributed by atoms with van der Waals surface area (Å²) in [6.07, 6.45) is 0. The number of carboxylic acids is 1. The number of rotatable bonds is 3. The van der Waals surface area contributed by atoms with Crippen LogP contribution in [-0.2, 0) is 0 Å². The van der Waals surface area contributed by atoms with Gasteiger partial charge in [-0.2, -0.15) is 0 Å². The van der Waals surface area contributed by atoms with E-state index in [1.165, 1.54) is 0 Å². The number of thiophene rings is 1. The van der Waals surface area contributed by atoms with E-state index in [1.54, 1.807) is 24.4 Å². The molecule has 0 fully saturated rings. The molecular weight excluding hydrogens is 274 g/mol. The second-order valence-corrected chi connectivity index (χ2v) is 5.56. The van der Waals surface area contributed by atoms with Crippen LogP contribution in [-0.4, -0.2) is 17.0 Å². The van der Waals surface area contributed by atoms with Gasteiger partial charge in [-0.05, 0) is 55.0 Å². The van der Waals surface area contributed by atoms with E-state index < -0.39 is 5.97 Å². The van der Waals surface area contributed by atoms with Crippen LogP contribution in [0.5, 0.6) is 0 Å². The smallest absolute Gasteiger partial charge is 0.348 e. The number of aromatic carboxylic acids is 1. The molecule has 0 atom stereocenters. The molecule has 20 heavy (non-hydrogen) atoms. The second kappa shape index (κ2) is 5.46.